The molecule has 1 N–H and O–H groups in total. The molecule has 3 aromatic heterocycles. The highest BCUT2D eigenvalue weighted by Crippen LogP contribution is 2.29. The summed E-state index contributed by atoms with van der Waals surface area (Å²) in [4.78, 5) is 24.7. The molecule has 29 heavy (non-hydrogen) atoms. The second kappa shape index (κ2) is 7.54. The molecular weight excluding hydrogens is 364 g/mol. The predicted molar refractivity (Wildman–Crippen MR) is 114 cm³/mol. The molecule has 0 radical (unpaired) electrons. The molecule has 0 atom stereocenters. The number of H-pyrrole nitrogens is 1. The number of benzene rings is 1. The Bertz CT molecular complexity index is 1220. The van der Waals surface area contributed by atoms with Crippen LogP contribution in [0.1, 0.15) is 42.3 Å². The molecule has 4 rings (SSSR count). The van der Waals surface area contributed by atoms with Crippen LogP contribution in [0.25, 0.3) is 16.7 Å². The zero-order valence-corrected chi connectivity index (χ0v) is 17.1. The van der Waals surface area contributed by atoms with Crippen LogP contribution in [-0.4, -0.2) is 26.6 Å². The molecule has 0 spiro atoms. The number of methoxy groups -OCH3 is 1. The first-order valence-corrected chi connectivity index (χ1v) is 9.65. The number of aromatic nitrogens is 4. The van der Waals surface area contributed by atoms with Crippen LogP contribution in [0.2, 0.25) is 0 Å². The number of nitrogens with one attached hydrogen (secondary N) is 1. The molecule has 4 aromatic rings. The Labute approximate surface area is 169 Å². The molecule has 0 aliphatic carbocycles. The molecule has 6 nitrogen and oxygen atoms in total. The fourth-order valence-corrected chi connectivity index (χ4v) is 3.46. The quantitative estimate of drug-likeness (QED) is 0.558. The van der Waals surface area contributed by atoms with Gasteiger partial charge in [0.15, 0.2) is 0 Å². The number of fused-ring (bicyclic) bond motifs is 1. The van der Waals surface area contributed by atoms with Gasteiger partial charge >= 0.3 is 0 Å². The van der Waals surface area contributed by atoms with E-state index in [1.54, 1.807) is 7.11 Å². The summed E-state index contributed by atoms with van der Waals surface area (Å²) in [5.41, 5.74) is 3.66. The van der Waals surface area contributed by atoms with Crippen molar-refractivity contribution >= 4 is 10.9 Å². The number of rotatable bonds is 5. The van der Waals surface area contributed by atoms with Gasteiger partial charge in [0.25, 0.3) is 5.56 Å². The van der Waals surface area contributed by atoms with Crippen LogP contribution in [-0.2, 0) is 6.42 Å². The predicted octanol–water partition coefficient (Wildman–Crippen LogP) is 4.14. The number of nitrogens with zero attached hydrogens (tertiary/aromatic N) is 3. The number of hydrogen-bond acceptors (Lipinski definition) is 4. The normalized spacial score (nSPS) is 11.3. The summed E-state index contributed by atoms with van der Waals surface area (Å²) in [6.07, 6.45) is 6.33. The van der Waals surface area contributed by atoms with Gasteiger partial charge in [-0.15, -0.1) is 0 Å². The van der Waals surface area contributed by atoms with E-state index < -0.39 is 0 Å². The first kappa shape index (κ1) is 18.9. The molecule has 0 amide bonds. The topological polar surface area (TPSA) is 72.8 Å². The fraction of sp³-hybridized carbons (Fsp3) is 0.261. The molecule has 0 saturated carbocycles. The van der Waals surface area contributed by atoms with Crippen molar-refractivity contribution in [3.8, 4) is 11.6 Å². The molecular formula is C23H24N4O2. The molecule has 0 saturated heterocycles. The standard InChI is InChI=1S/C23H24N4O2/c1-14(2)17-10-18-19(11-20(17)29-4)25-21(26-23(18)28)9-16-5-6-22(24-12-16)27-8-7-15(3)13-27/h5-8,10-14H,9H2,1-4H3,(H,25,26,28). The van der Waals surface area contributed by atoms with Gasteiger partial charge in [-0.2, -0.15) is 0 Å². The number of aryl methyl sites for hydroxylation is 1. The maximum Gasteiger partial charge on any atom is 0.258 e. The minimum Gasteiger partial charge on any atom is -0.496 e. The smallest absolute Gasteiger partial charge is 0.258 e. The summed E-state index contributed by atoms with van der Waals surface area (Å²) < 4.78 is 7.49. The number of ether oxygens (including phenoxy) is 1. The highest BCUT2D eigenvalue weighted by Gasteiger charge is 2.13. The summed E-state index contributed by atoms with van der Waals surface area (Å²) in [5, 5.41) is 0.578. The van der Waals surface area contributed by atoms with Crippen LogP contribution in [0.15, 0.2) is 53.7 Å². The zero-order valence-electron chi connectivity index (χ0n) is 17.1. The van der Waals surface area contributed by atoms with E-state index in [1.165, 1.54) is 5.56 Å². The SMILES string of the molecule is COc1cc2nc(Cc3ccc(-n4ccc(C)c4)nc3)[nH]c(=O)c2cc1C(C)C. The summed E-state index contributed by atoms with van der Waals surface area (Å²) in [6.45, 7) is 6.20. The Kier molecular flexibility index (Phi) is 4.92. The van der Waals surface area contributed by atoms with Gasteiger partial charge in [-0.25, -0.2) is 9.97 Å². The highest BCUT2D eigenvalue weighted by molar-refractivity contribution is 5.80. The highest BCUT2D eigenvalue weighted by atomic mass is 16.5. The van der Waals surface area contributed by atoms with Crippen molar-refractivity contribution in [1.82, 2.24) is 19.5 Å². The van der Waals surface area contributed by atoms with Crippen LogP contribution in [0.4, 0.5) is 0 Å². The van der Waals surface area contributed by atoms with E-state index in [0.29, 0.717) is 23.1 Å². The second-order valence-electron chi connectivity index (χ2n) is 7.58. The van der Waals surface area contributed by atoms with Crippen LogP contribution in [0, 0.1) is 6.92 Å². The third-order valence-electron chi connectivity index (χ3n) is 5.01. The van der Waals surface area contributed by atoms with Crippen molar-refractivity contribution in [2.75, 3.05) is 7.11 Å². The largest absolute Gasteiger partial charge is 0.496 e. The maximum absolute atomic E-state index is 12.7. The third-order valence-corrected chi connectivity index (χ3v) is 5.01. The van der Waals surface area contributed by atoms with Crippen molar-refractivity contribution in [3.63, 3.8) is 0 Å². The van der Waals surface area contributed by atoms with Crippen molar-refractivity contribution in [3.05, 3.63) is 81.8 Å². The average Bonchev–Trinajstić information content (AvgIpc) is 3.14. The fourth-order valence-electron chi connectivity index (χ4n) is 3.46. The first-order valence-electron chi connectivity index (χ1n) is 9.65. The van der Waals surface area contributed by atoms with Gasteiger partial charge < -0.3 is 14.3 Å². The molecule has 0 unspecified atom stereocenters. The van der Waals surface area contributed by atoms with Gasteiger partial charge in [0, 0.05) is 31.1 Å². The number of hydrogen-bond donors (Lipinski definition) is 1. The maximum atomic E-state index is 12.7. The minimum absolute atomic E-state index is 0.137. The van der Waals surface area contributed by atoms with E-state index in [2.05, 4.69) is 28.8 Å². The molecule has 148 valence electrons. The van der Waals surface area contributed by atoms with E-state index >= 15 is 0 Å². The Hall–Kier alpha value is -3.41. The van der Waals surface area contributed by atoms with Gasteiger partial charge in [0.05, 0.1) is 18.0 Å². The summed E-state index contributed by atoms with van der Waals surface area (Å²) >= 11 is 0. The average molecular weight is 388 g/mol. The Morgan fingerprint density at radius 2 is 2.03 bits per heavy atom. The lowest BCUT2D eigenvalue weighted by atomic mass is 10.00. The first-order chi connectivity index (χ1) is 13.9. The van der Waals surface area contributed by atoms with Gasteiger partial charge in [-0.3, -0.25) is 4.79 Å². The van der Waals surface area contributed by atoms with E-state index in [0.717, 1.165) is 22.7 Å². The summed E-state index contributed by atoms with van der Waals surface area (Å²) in [7, 11) is 1.64. The molecule has 0 aliphatic rings. The monoisotopic (exact) mass is 388 g/mol. The van der Waals surface area contributed by atoms with Crippen LogP contribution >= 0.6 is 0 Å². The van der Waals surface area contributed by atoms with Crippen molar-refractivity contribution in [2.24, 2.45) is 0 Å². The van der Waals surface area contributed by atoms with Crippen LogP contribution in [0.5, 0.6) is 5.75 Å². The lowest BCUT2D eigenvalue weighted by molar-refractivity contribution is 0.408. The van der Waals surface area contributed by atoms with E-state index in [-0.39, 0.29) is 11.5 Å². The Balaban J connectivity index is 1.66. The van der Waals surface area contributed by atoms with Crippen molar-refractivity contribution in [1.29, 1.82) is 0 Å². The van der Waals surface area contributed by atoms with E-state index in [4.69, 9.17) is 4.74 Å². The van der Waals surface area contributed by atoms with Crippen LogP contribution < -0.4 is 10.3 Å². The summed E-state index contributed by atoms with van der Waals surface area (Å²) in [5.74, 6) is 2.47. The Morgan fingerprint density at radius 3 is 2.66 bits per heavy atom. The van der Waals surface area contributed by atoms with Gasteiger partial charge in [-0.1, -0.05) is 19.9 Å². The molecule has 3 heterocycles. The molecule has 6 heteroatoms. The van der Waals surface area contributed by atoms with E-state index in [1.807, 2.05) is 60.4 Å². The van der Waals surface area contributed by atoms with Gasteiger partial charge in [-0.05, 0) is 47.7 Å². The van der Waals surface area contributed by atoms with Gasteiger partial charge in [0.2, 0.25) is 0 Å². The molecule has 0 bridgehead atoms. The lowest BCUT2D eigenvalue weighted by Gasteiger charge is -2.13. The number of pyridine rings is 1. The molecule has 1 aromatic carbocycles. The molecule has 0 aliphatic heterocycles. The minimum atomic E-state index is -0.137. The molecule has 0 fully saturated rings. The van der Waals surface area contributed by atoms with Gasteiger partial charge in [0.1, 0.15) is 17.4 Å². The second-order valence-corrected chi connectivity index (χ2v) is 7.58. The van der Waals surface area contributed by atoms with Crippen molar-refractivity contribution < 1.29 is 4.74 Å². The lowest BCUT2D eigenvalue weighted by Crippen LogP contribution is -2.13. The Morgan fingerprint density at radius 1 is 1.21 bits per heavy atom. The third kappa shape index (κ3) is 3.78. The zero-order chi connectivity index (χ0) is 20.5. The summed E-state index contributed by atoms with van der Waals surface area (Å²) in [6, 6.07) is 9.73. The van der Waals surface area contributed by atoms with E-state index in [9.17, 15) is 4.79 Å². The number of aromatic amines is 1. The van der Waals surface area contributed by atoms with Crippen LogP contribution in [0.3, 0.4) is 0 Å². The van der Waals surface area contributed by atoms with Crippen molar-refractivity contribution in [2.45, 2.75) is 33.1 Å².